The molecule has 0 saturated carbocycles. The Bertz CT molecular complexity index is 1210. The number of piperazine rings is 1. The second-order valence-corrected chi connectivity index (χ2v) is 8.42. The van der Waals surface area contributed by atoms with Gasteiger partial charge in [0.15, 0.2) is 11.6 Å². The Kier molecular flexibility index (Phi) is 6.63. The molecule has 7 nitrogen and oxygen atoms in total. The van der Waals surface area contributed by atoms with Gasteiger partial charge in [0.1, 0.15) is 5.82 Å². The molecule has 0 amide bonds. The summed E-state index contributed by atoms with van der Waals surface area (Å²) in [4.78, 5) is 4.76. The molecule has 3 heterocycles. The fraction of sp³-hybridized carbons (Fsp3) is 0.222. The Morgan fingerprint density at radius 1 is 0.853 bits per heavy atom. The lowest BCUT2D eigenvalue weighted by molar-refractivity contribution is 0.283. The number of nitrogens with one attached hydrogen (secondary N) is 1. The molecule has 1 N–H and O–H groups in total. The van der Waals surface area contributed by atoms with E-state index in [9.17, 15) is 0 Å². The zero-order chi connectivity index (χ0) is 23.2. The fourth-order valence-electron chi connectivity index (χ4n) is 4.11. The van der Waals surface area contributed by atoms with Crippen LogP contribution < -0.4 is 10.2 Å². The number of hydrogen-bond acceptors (Lipinski definition) is 6. The molecule has 0 aliphatic carbocycles. The summed E-state index contributed by atoms with van der Waals surface area (Å²) in [6.07, 6.45) is 4.43. The second-order valence-electron chi connectivity index (χ2n) is 8.42. The van der Waals surface area contributed by atoms with Crippen LogP contribution in [0.4, 0.5) is 17.5 Å². The summed E-state index contributed by atoms with van der Waals surface area (Å²) in [6, 6.07) is 26.5. The minimum absolute atomic E-state index is 0.700. The smallest absolute Gasteiger partial charge is 0.154 e. The molecule has 34 heavy (non-hydrogen) atoms. The molecule has 1 saturated heterocycles. The van der Waals surface area contributed by atoms with Gasteiger partial charge in [-0.25, -0.2) is 4.68 Å². The van der Waals surface area contributed by atoms with Crippen LogP contribution >= 0.6 is 0 Å². The van der Waals surface area contributed by atoms with Gasteiger partial charge in [0.25, 0.3) is 0 Å². The van der Waals surface area contributed by atoms with Gasteiger partial charge in [-0.15, -0.1) is 10.2 Å². The molecular formula is C27H29N7. The van der Waals surface area contributed by atoms with Gasteiger partial charge in [-0.1, -0.05) is 60.7 Å². The molecule has 1 aliphatic rings. The highest BCUT2D eigenvalue weighted by Gasteiger charge is 2.17. The summed E-state index contributed by atoms with van der Waals surface area (Å²) in [5.41, 5.74) is 3.18. The van der Waals surface area contributed by atoms with Gasteiger partial charge in [-0.05, 0) is 36.8 Å². The molecule has 2 aromatic heterocycles. The molecule has 1 fully saturated rings. The minimum atomic E-state index is 0.700. The number of rotatable bonds is 7. The molecular weight excluding hydrogens is 422 g/mol. The number of hydrogen-bond donors (Lipinski definition) is 1. The molecule has 0 spiro atoms. The monoisotopic (exact) mass is 451 g/mol. The average molecular weight is 452 g/mol. The highest BCUT2D eigenvalue weighted by molar-refractivity contribution is 5.57. The first-order chi connectivity index (χ1) is 16.7. The van der Waals surface area contributed by atoms with E-state index in [-0.39, 0.29) is 0 Å². The van der Waals surface area contributed by atoms with Gasteiger partial charge in [0.05, 0.1) is 11.4 Å². The number of benzene rings is 2. The first kappa shape index (κ1) is 21.9. The first-order valence-electron chi connectivity index (χ1n) is 11.7. The van der Waals surface area contributed by atoms with E-state index < -0.39 is 0 Å². The van der Waals surface area contributed by atoms with E-state index in [2.05, 4.69) is 66.8 Å². The van der Waals surface area contributed by atoms with Gasteiger partial charge < -0.3 is 10.2 Å². The molecule has 0 bridgehead atoms. The van der Waals surface area contributed by atoms with Gasteiger partial charge in [0.2, 0.25) is 0 Å². The number of aryl methyl sites for hydroxylation is 1. The topological polar surface area (TPSA) is 62.1 Å². The highest BCUT2D eigenvalue weighted by atomic mass is 15.4. The van der Waals surface area contributed by atoms with Crippen molar-refractivity contribution in [1.82, 2.24) is 24.9 Å². The minimum Gasteiger partial charge on any atom is -0.353 e. The molecule has 7 heteroatoms. The third-order valence-electron chi connectivity index (χ3n) is 5.91. The van der Waals surface area contributed by atoms with E-state index in [1.165, 1.54) is 5.56 Å². The van der Waals surface area contributed by atoms with Crippen LogP contribution in [0.2, 0.25) is 0 Å². The van der Waals surface area contributed by atoms with Crippen molar-refractivity contribution >= 4 is 23.5 Å². The summed E-state index contributed by atoms with van der Waals surface area (Å²) in [5, 5.41) is 16.9. The fourth-order valence-corrected chi connectivity index (χ4v) is 4.11. The average Bonchev–Trinajstić information content (AvgIpc) is 3.26. The first-order valence-corrected chi connectivity index (χ1v) is 11.7. The Morgan fingerprint density at radius 2 is 1.59 bits per heavy atom. The van der Waals surface area contributed by atoms with Crippen molar-refractivity contribution in [2.45, 2.75) is 6.92 Å². The molecule has 2 aromatic carbocycles. The van der Waals surface area contributed by atoms with Crippen molar-refractivity contribution in [3.63, 3.8) is 0 Å². The Hall–Kier alpha value is -3.97. The van der Waals surface area contributed by atoms with E-state index in [1.807, 2.05) is 66.2 Å². The maximum atomic E-state index is 4.60. The number of para-hydroxylation sites is 1. The van der Waals surface area contributed by atoms with E-state index in [4.69, 9.17) is 0 Å². The van der Waals surface area contributed by atoms with Gasteiger partial charge in [-0.2, -0.15) is 5.10 Å². The molecule has 0 atom stereocenters. The molecule has 4 aromatic rings. The van der Waals surface area contributed by atoms with Crippen molar-refractivity contribution in [3.05, 3.63) is 96.2 Å². The van der Waals surface area contributed by atoms with Crippen molar-refractivity contribution in [2.24, 2.45) is 0 Å². The number of anilines is 3. The second kappa shape index (κ2) is 10.3. The standard InChI is InChI=1S/C27H29N7/c1-22-21-27(34(31-22)24-12-6-3-7-13-24)28-25-14-15-26(30-29-25)33-19-17-32(18-20-33)16-8-11-23-9-4-2-5-10-23/h2-15,21H,16-20H2,1H3,(H,28,29)/b11-8+. The molecule has 0 radical (unpaired) electrons. The Morgan fingerprint density at radius 3 is 2.29 bits per heavy atom. The third kappa shape index (κ3) is 5.32. The summed E-state index contributed by atoms with van der Waals surface area (Å²) in [7, 11) is 0. The lowest BCUT2D eigenvalue weighted by Crippen LogP contribution is -2.46. The number of aromatic nitrogens is 4. The van der Waals surface area contributed by atoms with E-state index in [0.717, 1.165) is 55.7 Å². The van der Waals surface area contributed by atoms with Crippen LogP contribution in [0.3, 0.4) is 0 Å². The van der Waals surface area contributed by atoms with Crippen LogP contribution in [0, 0.1) is 6.92 Å². The van der Waals surface area contributed by atoms with Crippen LogP contribution in [-0.2, 0) is 0 Å². The Balaban J connectivity index is 1.16. The van der Waals surface area contributed by atoms with E-state index >= 15 is 0 Å². The summed E-state index contributed by atoms with van der Waals surface area (Å²) >= 11 is 0. The third-order valence-corrected chi connectivity index (χ3v) is 5.91. The zero-order valence-electron chi connectivity index (χ0n) is 19.4. The van der Waals surface area contributed by atoms with Crippen LogP contribution in [-0.4, -0.2) is 57.6 Å². The van der Waals surface area contributed by atoms with Crippen molar-refractivity contribution < 1.29 is 0 Å². The van der Waals surface area contributed by atoms with Crippen molar-refractivity contribution in [1.29, 1.82) is 0 Å². The highest BCUT2D eigenvalue weighted by Crippen LogP contribution is 2.21. The molecule has 172 valence electrons. The lowest BCUT2D eigenvalue weighted by Gasteiger charge is -2.34. The van der Waals surface area contributed by atoms with Crippen LogP contribution in [0.5, 0.6) is 0 Å². The quantitative estimate of drug-likeness (QED) is 0.445. The van der Waals surface area contributed by atoms with Crippen LogP contribution in [0.1, 0.15) is 11.3 Å². The SMILES string of the molecule is Cc1cc(Nc2ccc(N3CCN(C/C=C/c4ccccc4)CC3)nn2)n(-c2ccccc2)n1. The molecule has 0 unspecified atom stereocenters. The summed E-state index contributed by atoms with van der Waals surface area (Å²) in [6.45, 7) is 6.86. The largest absolute Gasteiger partial charge is 0.353 e. The Labute approximate surface area is 200 Å². The van der Waals surface area contributed by atoms with E-state index in [1.54, 1.807) is 0 Å². The lowest BCUT2D eigenvalue weighted by atomic mass is 10.2. The predicted molar refractivity (Wildman–Crippen MR) is 138 cm³/mol. The van der Waals surface area contributed by atoms with Gasteiger partial charge in [-0.3, -0.25) is 4.90 Å². The number of nitrogens with zero attached hydrogens (tertiary/aromatic N) is 6. The van der Waals surface area contributed by atoms with Crippen LogP contribution in [0.25, 0.3) is 11.8 Å². The van der Waals surface area contributed by atoms with E-state index in [0.29, 0.717) is 5.82 Å². The maximum Gasteiger partial charge on any atom is 0.154 e. The molecule has 5 rings (SSSR count). The maximum absolute atomic E-state index is 4.60. The predicted octanol–water partition coefficient (Wildman–Crippen LogP) is 4.55. The van der Waals surface area contributed by atoms with Gasteiger partial charge >= 0.3 is 0 Å². The molecule has 1 aliphatic heterocycles. The van der Waals surface area contributed by atoms with Crippen molar-refractivity contribution in [2.75, 3.05) is 42.9 Å². The summed E-state index contributed by atoms with van der Waals surface area (Å²) < 4.78 is 1.89. The zero-order valence-corrected chi connectivity index (χ0v) is 19.4. The van der Waals surface area contributed by atoms with Crippen LogP contribution in [0.15, 0.2) is 84.9 Å². The summed E-state index contributed by atoms with van der Waals surface area (Å²) in [5.74, 6) is 2.48. The normalized spacial score (nSPS) is 14.6. The van der Waals surface area contributed by atoms with Crippen molar-refractivity contribution in [3.8, 4) is 5.69 Å². The van der Waals surface area contributed by atoms with Gasteiger partial charge in [0, 0.05) is 38.8 Å².